The molecule has 8 nitrogen and oxygen atoms in total. The molecule has 9 heteroatoms. The van der Waals surface area contributed by atoms with Crippen molar-refractivity contribution in [1.29, 1.82) is 0 Å². The predicted octanol–water partition coefficient (Wildman–Crippen LogP) is 1.38. The van der Waals surface area contributed by atoms with Gasteiger partial charge in [-0.15, -0.1) is 0 Å². The second-order valence-corrected chi connectivity index (χ2v) is 6.64. The highest BCUT2D eigenvalue weighted by Crippen LogP contribution is 2.31. The summed E-state index contributed by atoms with van der Waals surface area (Å²) in [6, 6.07) is 3.83. The minimum atomic E-state index is -3.67. The molecule has 1 heterocycles. The maximum absolute atomic E-state index is 12.4. The summed E-state index contributed by atoms with van der Waals surface area (Å²) in [5.74, 6) is 0. The molecule has 1 aromatic rings. The topological polar surface area (TPSA) is 93.0 Å². The largest absolute Gasteiger partial charge is 0.296 e. The van der Waals surface area contributed by atoms with Crippen molar-refractivity contribution < 1.29 is 18.2 Å². The zero-order valence-electron chi connectivity index (χ0n) is 11.9. The van der Waals surface area contributed by atoms with Crippen molar-refractivity contribution in [3.05, 3.63) is 28.3 Å². The van der Waals surface area contributed by atoms with Crippen LogP contribution in [0.2, 0.25) is 0 Å². The number of nitro groups is 1. The number of hydrogen-bond acceptors (Lipinski definition) is 6. The van der Waals surface area contributed by atoms with E-state index < -0.39 is 14.9 Å². The standard InChI is InChI=1S/C12H17N3O5S/c1-13(20-2)11-6-5-10(9-12(11)15(16)17)21(18,19)14-7-3-4-8-14/h5-6,9H,3-4,7-8H2,1-2H3. The van der Waals surface area contributed by atoms with Gasteiger partial charge >= 0.3 is 0 Å². The van der Waals surface area contributed by atoms with E-state index in [9.17, 15) is 18.5 Å². The van der Waals surface area contributed by atoms with Gasteiger partial charge < -0.3 is 0 Å². The van der Waals surface area contributed by atoms with Crippen LogP contribution in [0.15, 0.2) is 23.1 Å². The molecule has 0 unspecified atom stereocenters. The molecule has 0 N–H and O–H groups in total. The van der Waals surface area contributed by atoms with Crippen LogP contribution < -0.4 is 5.06 Å². The smallest absolute Gasteiger partial charge is 0.277 e. The molecular weight excluding hydrogens is 298 g/mol. The number of rotatable bonds is 5. The molecule has 0 aliphatic carbocycles. The minimum Gasteiger partial charge on any atom is -0.277 e. The maximum Gasteiger partial charge on any atom is 0.296 e. The lowest BCUT2D eigenvalue weighted by atomic mass is 10.2. The number of hydroxylamine groups is 1. The SMILES string of the molecule is CON(C)c1ccc(S(=O)(=O)N2CCCC2)cc1[N+](=O)[O-]. The first-order valence-corrected chi connectivity index (χ1v) is 7.88. The summed E-state index contributed by atoms with van der Waals surface area (Å²) < 4.78 is 26.2. The van der Waals surface area contributed by atoms with E-state index in [0.717, 1.165) is 18.9 Å². The van der Waals surface area contributed by atoms with E-state index in [4.69, 9.17) is 4.84 Å². The summed E-state index contributed by atoms with van der Waals surface area (Å²) in [6.07, 6.45) is 1.62. The summed E-state index contributed by atoms with van der Waals surface area (Å²) in [5.41, 5.74) is -0.109. The highest BCUT2D eigenvalue weighted by molar-refractivity contribution is 7.89. The minimum absolute atomic E-state index is 0.0654. The second-order valence-electron chi connectivity index (χ2n) is 4.70. The fourth-order valence-electron chi connectivity index (χ4n) is 2.25. The maximum atomic E-state index is 12.4. The summed E-state index contributed by atoms with van der Waals surface area (Å²) in [6.45, 7) is 0.908. The summed E-state index contributed by atoms with van der Waals surface area (Å²) in [7, 11) is -0.790. The molecule has 1 saturated heterocycles. The van der Waals surface area contributed by atoms with Crippen LogP contribution in [0.1, 0.15) is 12.8 Å². The van der Waals surface area contributed by atoms with Gasteiger partial charge in [-0.25, -0.2) is 8.42 Å². The van der Waals surface area contributed by atoms with Gasteiger partial charge in [0, 0.05) is 26.2 Å². The van der Waals surface area contributed by atoms with Crippen LogP contribution in [0.5, 0.6) is 0 Å². The number of sulfonamides is 1. The van der Waals surface area contributed by atoms with E-state index in [1.54, 1.807) is 0 Å². The molecule has 0 aromatic heterocycles. The predicted molar refractivity (Wildman–Crippen MR) is 76.5 cm³/mol. The number of anilines is 1. The van der Waals surface area contributed by atoms with E-state index >= 15 is 0 Å². The number of nitrogens with zero attached hydrogens (tertiary/aromatic N) is 3. The molecule has 2 rings (SSSR count). The molecule has 0 atom stereocenters. The average molecular weight is 315 g/mol. The fraction of sp³-hybridized carbons (Fsp3) is 0.500. The molecule has 0 bridgehead atoms. The zero-order valence-corrected chi connectivity index (χ0v) is 12.7. The van der Waals surface area contributed by atoms with Gasteiger partial charge in [0.25, 0.3) is 5.69 Å². The summed E-state index contributed by atoms with van der Waals surface area (Å²) >= 11 is 0. The second kappa shape index (κ2) is 5.96. The van der Waals surface area contributed by atoms with Gasteiger partial charge in [-0.05, 0) is 25.0 Å². The number of benzene rings is 1. The molecular formula is C12H17N3O5S. The van der Waals surface area contributed by atoms with Crippen molar-refractivity contribution in [2.75, 3.05) is 32.3 Å². The number of nitro benzene ring substituents is 1. The highest BCUT2D eigenvalue weighted by Gasteiger charge is 2.30. The Labute approximate surface area is 123 Å². The van der Waals surface area contributed by atoms with Crippen molar-refractivity contribution in [3.8, 4) is 0 Å². The summed E-state index contributed by atoms with van der Waals surface area (Å²) in [4.78, 5) is 15.4. The van der Waals surface area contributed by atoms with Crippen LogP contribution >= 0.6 is 0 Å². The molecule has 1 aromatic carbocycles. The normalized spacial score (nSPS) is 16.1. The Morgan fingerprint density at radius 3 is 2.48 bits per heavy atom. The summed E-state index contributed by atoms with van der Waals surface area (Å²) in [5, 5.41) is 12.4. The third-order valence-electron chi connectivity index (χ3n) is 3.46. The Morgan fingerprint density at radius 2 is 1.95 bits per heavy atom. The molecule has 0 spiro atoms. The van der Waals surface area contributed by atoms with E-state index in [0.29, 0.717) is 13.1 Å². The lowest BCUT2D eigenvalue weighted by Crippen LogP contribution is -2.28. The molecule has 1 aliphatic rings. The third kappa shape index (κ3) is 2.99. The Hall–Kier alpha value is -1.71. The zero-order chi connectivity index (χ0) is 15.6. The Bertz CT molecular complexity index is 640. The molecule has 1 aliphatic heterocycles. The quantitative estimate of drug-likeness (QED) is 0.602. The first-order valence-electron chi connectivity index (χ1n) is 6.44. The monoisotopic (exact) mass is 315 g/mol. The van der Waals surface area contributed by atoms with Gasteiger partial charge in [0.2, 0.25) is 10.0 Å². The van der Waals surface area contributed by atoms with Crippen molar-refractivity contribution in [2.24, 2.45) is 0 Å². The number of hydrogen-bond donors (Lipinski definition) is 0. The van der Waals surface area contributed by atoms with Crippen molar-refractivity contribution >= 4 is 21.4 Å². The van der Waals surface area contributed by atoms with Gasteiger partial charge in [0.1, 0.15) is 5.69 Å². The molecule has 116 valence electrons. The van der Waals surface area contributed by atoms with Crippen LogP contribution in [0.4, 0.5) is 11.4 Å². The molecule has 21 heavy (non-hydrogen) atoms. The van der Waals surface area contributed by atoms with E-state index in [1.807, 2.05) is 0 Å². The molecule has 0 saturated carbocycles. The van der Waals surface area contributed by atoms with Gasteiger partial charge in [0.05, 0.1) is 16.9 Å². The Balaban J connectivity index is 2.47. The van der Waals surface area contributed by atoms with E-state index in [-0.39, 0.29) is 16.3 Å². The molecule has 0 amide bonds. The van der Waals surface area contributed by atoms with E-state index in [2.05, 4.69) is 0 Å². The van der Waals surface area contributed by atoms with Crippen LogP contribution in [0, 0.1) is 10.1 Å². The molecule has 0 radical (unpaired) electrons. The van der Waals surface area contributed by atoms with Gasteiger partial charge in [0.15, 0.2) is 0 Å². The first kappa shape index (κ1) is 15.7. The third-order valence-corrected chi connectivity index (χ3v) is 5.35. The molecule has 1 fully saturated rings. The Morgan fingerprint density at radius 1 is 1.33 bits per heavy atom. The van der Waals surface area contributed by atoms with Crippen molar-refractivity contribution in [3.63, 3.8) is 0 Å². The lowest BCUT2D eigenvalue weighted by Gasteiger charge is -2.18. The Kier molecular flexibility index (Phi) is 4.45. The lowest BCUT2D eigenvalue weighted by molar-refractivity contribution is -0.384. The van der Waals surface area contributed by atoms with Crippen LogP contribution in [-0.4, -0.2) is 44.9 Å². The van der Waals surface area contributed by atoms with Crippen LogP contribution in [0.25, 0.3) is 0 Å². The van der Waals surface area contributed by atoms with Gasteiger partial charge in [-0.2, -0.15) is 4.31 Å². The first-order chi connectivity index (χ1) is 9.87. The van der Waals surface area contributed by atoms with Crippen molar-refractivity contribution in [1.82, 2.24) is 4.31 Å². The van der Waals surface area contributed by atoms with Gasteiger partial charge in [-0.1, -0.05) is 0 Å². The highest BCUT2D eigenvalue weighted by atomic mass is 32.2. The van der Waals surface area contributed by atoms with E-state index in [1.165, 1.54) is 35.7 Å². The van der Waals surface area contributed by atoms with Gasteiger partial charge in [-0.3, -0.25) is 20.0 Å². The van der Waals surface area contributed by atoms with Crippen LogP contribution in [-0.2, 0) is 14.9 Å². The average Bonchev–Trinajstić information content (AvgIpc) is 3.00. The van der Waals surface area contributed by atoms with Crippen molar-refractivity contribution in [2.45, 2.75) is 17.7 Å². The fourth-order valence-corrected chi connectivity index (χ4v) is 3.79. The van der Waals surface area contributed by atoms with Crippen LogP contribution in [0.3, 0.4) is 0 Å².